The van der Waals surface area contributed by atoms with Crippen LogP contribution in [-0.2, 0) is 27.3 Å². The van der Waals surface area contributed by atoms with Crippen molar-refractivity contribution in [2.45, 2.75) is 71.2 Å². The number of carbonyl (C=O) groups excluding carboxylic acids is 5. The van der Waals surface area contributed by atoms with Crippen molar-refractivity contribution >= 4 is 29.5 Å². The van der Waals surface area contributed by atoms with Crippen molar-refractivity contribution in [2.24, 2.45) is 5.92 Å². The summed E-state index contributed by atoms with van der Waals surface area (Å²) in [6.07, 6.45) is 1.12. The van der Waals surface area contributed by atoms with E-state index in [1.807, 2.05) is 0 Å². The van der Waals surface area contributed by atoms with E-state index in [1.165, 1.54) is 26.0 Å². The first-order valence-electron chi connectivity index (χ1n) is 18.8. The number of amides is 5. The molecule has 2 aliphatic rings. The molecule has 3 aromatic carbocycles. The third kappa shape index (κ3) is 10.3. The third-order valence-electron chi connectivity index (χ3n) is 9.64. The number of hydrogen-bond acceptors (Lipinski definition) is 10. The summed E-state index contributed by atoms with van der Waals surface area (Å²) in [5.74, 6) is -1.11. The summed E-state index contributed by atoms with van der Waals surface area (Å²) in [4.78, 5) is 69.4. The topological polar surface area (TPSA) is 194 Å². The first-order valence-corrected chi connectivity index (χ1v) is 18.8. The largest absolute Gasteiger partial charge is 0.496 e. The molecule has 15 heteroatoms. The SMILES string of the molecule is COc1ccc2cc1Oc1cccc(OC)c1CNC(=O)[C@@H](C(C)C)NC(=O)[C@H]([C@@H](C)O)NC(=O)CN(C(=O)c1ccc3c(c1)CCCO3)CCCCNC2=O. The molecule has 0 radical (unpaired) electrons. The van der Waals surface area contributed by atoms with E-state index in [2.05, 4.69) is 21.3 Å². The number of benzene rings is 3. The van der Waals surface area contributed by atoms with Gasteiger partial charge in [0.1, 0.15) is 29.3 Å². The van der Waals surface area contributed by atoms with E-state index in [0.29, 0.717) is 59.1 Å². The predicted molar refractivity (Wildman–Crippen MR) is 206 cm³/mol. The fourth-order valence-electron chi connectivity index (χ4n) is 6.54. The highest BCUT2D eigenvalue weighted by Crippen LogP contribution is 2.37. The number of methoxy groups -OCH3 is 2. The Balaban J connectivity index is 1.45. The minimum atomic E-state index is -1.44. The molecular formula is C41H51N5O10. The van der Waals surface area contributed by atoms with E-state index in [9.17, 15) is 29.1 Å². The van der Waals surface area contributed by atoms with Crippen molar-refractivity contribution in [2.75, 3.05) is 40.5 Å². The number of nitrogens with one attached hydrogen (secondary N) is 4. The molecule has 0 saturated heterocycles. The summed E-state index contributed by atoms with van der Waals surface area (Å²) in [7, 11) is 2.96. The van der Waals surface area contributed by atoms with Gasteiger partial charge in [0.05, 0.1) is 45.6 Å². The Kier molecular flexibility index (Phi) is 14.1. The molecule has 0 aliphatic carbocycles. The third-order valence-corrected chi connectivity index (χ3v) is 9.64. The summed E-state index contributed by atoms with van der Waals surface area (Å²) < 4.78 is 23.1. The lowest BCUT2D eigenvalue weighted by molar-refractivity contribution is -0.135. The van der Waals surface area contributed by atoms with Gasteiger partial charge >= 0.3 is 0 Å². The number of carbonyl (C=O) groups is 5. The maximum absolute atomic E-state index is 13.9. The molecule has 2 bridgehead atoms. The molecule has 5 amide bonds. The normalized spacial score (nSPS) is 19.4. The van der Waals surface area contributed by atoms with Crippen LogP contribution in [0.1, 0.15) is 71.9 Å². The number of nitrogens with zero attached hydrogens (tertiary/aromatic N) is 1. The minimum Gasteiger partial charge on any atom is -0.496 e. The highest BCUT2D eigenvalue weighted by molar-refractivity contribution is 5.98. The van der Waals surface area contributed by atoms with Crippen LogP contribution in [0.2, 0.25) is 0 Å². The number of ether oxygens (including phenoxy) is 4. The molecule has 300 valence electrons. The van der Waals surface area contributed by atoms with Gasteiger partial charge < -0.3 is 50.2 Å². The molecule has 56 heavy (non-hydrogen) atoms. The van der Waals surface area contributed by atoms with E-state index in [4.69, 9.17) is 18.9 Å². The smallest absolute Gasteiger partial charge is 0.254 e. The molecule has 2 aliphatic heterocycles. The molecule has 5 rings (SSSR count). The van der Waals surface area contributed by atoms with E-state index >= 15 is 0 Å². The summed E-state index contributed by atoms with van der Waals surface area (Å²) in [5, 5.41) is 21.7. The van der Waals surface area contributed by atoms with Crippen molar-refractivity contribution in [3.63, 3.8) is 0 Å². The van der Waals surface area contributed by atoms with E-state index < -0.39 is 54.3 Å². The minimum absolute atomic E-state index is 0.0720. The van der Waals surface area contributed by atoms with Crippen LogP contribution in [0, 0.1) is 5.92 Å². The average Bonchev–Trinajstić information content (AvgIpc) is 3.19. The van der Waals surface area contributed by atoms with Gasteiger partial charge in [0.25, 0.3) is 11.8 Å². The van der Waals surface area contributed by atoms with Crippen molar-refractivity contribution in [1.29, 1.82) is 0 Å². The Morgan fingerprint density at radius 3 is 2.36 bits per heavy atom. The van der Waals surface area contributed by atoms with Crippen LogP contribution < -0.4 is 40.2 Å². The number of aryl methyl sites for hydroxylation is 1. The van der Waals surface area contributed by atoms with Gasteiger partial charge in [-0.25, -0.2) is 0 Å². The van der Waals surface area contributed by atoms with E-state index in [-0.39, 0.29) is 31.3 Å². The fraction of sp³-hybridized carbons (Fsp3) is 0.439. The quantitative estimate of drug-likeness (QED) is 0.257. The van der Waals surface area contributed by atoms with Gasteiger partial charge in [-0.15, -0.1) is 0 Å². The Morgan fingerprint density at radius 2 is 1.62 bits per heavy atom. The van der Waals surface area contributed by atoms with Gasteiger partial charge in [0, 0.05) is 24.2 Å². The zero-order valence-electron chi connectivity index (χ0n) is 32.4. The van der Waals surface area contributed by atoms with Crippen molar-refractivity contribution in [3.05, 3.63) is 76.9 Å². The molecular weight excluding hydrogens is 722 g/mol. The van der Waals surface area contributed by atoms with Crippen LogP contribution >= 0.6 is 0 Å². The summed E-state index contributed by atoms with van der Waals surface area (Å²) in [5.41, 5.74) is 2.06. The second-order valence-electron chi connectivity index (χ2n) is 14.1. The Bertz CT molecular complexity index is 1920. The van der Waals surface area contributed by atoms with Gasteiger partial charge in [-0.05, 0) is 92.6 Å². The van der Waals surface area contributed by atoms with E-state index in [0.717, 1.165) is 18.4 Å². The van der Waals surface area contributed by atoms with Crippen LogP contribution in [-0.4, -0.2) is 98.2 Å². The molecule has 2 heterocycles. The van der Waals surface area contributed by atoms with Crippen molar-refractivity contribution < 1.29 is 48.0 Å². The molecule has 5 N–H and O–H groups in total. The monoisotopic (exact) mass is 773 g/mol. The lowest BCUT2D eigenvalue weighted by atomic mass is 10.0. The molecule has 15 nitrogen and oxygen atoms in total. The molecule has 3 atom stereocenters. The zero-order valence-corrected chi connectivity index (χ0v) is 32.4. The maximum Gasteiger partial charge on any atom is 0.254 e. The standard InChI is InChI=1S/C41H51N5O10/c1-24(2)36-39(50)43-22-29-31(53-4)11-8-12-32(29)56-34-21-27(13-16-33(34)54-5)38(49)42-17-6-7-18-46(23-35(48)44-37(25(3)47)40(51)45-36)41(52)28-14-15-30-26(20-28)10-9-19-55-30/h8,11-16,20-21,24-25,36-37,47H,6-7,9-10,17-19,22-23H2,1-5H3,(H,42,49)(H,43,50)(H,44,48)(H,45,51)/t25-,36-,37+/m1/s1. The van der Waals surface area contributed by atoms with Gasteiger partial charge in [0.15, 0.2) is 11.5 Å². The fourth-order valence-corrected chi connectivity index (χ4v) is 6.54. The lowest BCUT2D eigenvalue weighted by Gasteiger charge is -2.28. The second kappa shape index (κ2) is 19.2. The molecule has 0 fully saturated rings. The maximum atomic E-state index is 13.9. The van der Waals surface area contributed by atoms with Crippen LogP contribution in [0.4, 0.5) is 0 Å². The molecule has 0 spiro atoms. The number of fused-ring (bicyclic) bond motifs is 4. The predicted octanol–water partition coefficient (Wildman–Crippen LogP) is 3.11. The van der Waals surface area contributed by atoms with Crippen LogP contribution in [0.3, 0.4) is 0 Å². The number of aliphatic hydroxyl groups is 1. The lowest BCUT2D eigenvalue weighted by Crippen LogP contribution is -2.59. The highest BCUT2D eigenvalue weighted by Gasteiger charge is 2.32. The van der Waals surface area contributed by atoms with Gasteiger partial charge in [0.2, 0.25) is 17.7 Å². The van der Waals surface area contributed by atoms with Gasteiger partial charge in [-0.3, -0.25) is 24.0 Å². The molecule has 0 unspecified atom stereocenters. The van der Waals surface area contributed by atoms with Crippen LogP contribution in [0.25, 0.3) is 0 Å². The van der Waals surface area contributed by atoms with Crippen molar-refractivity contribution in [3.8, 4) is 28.7 Å². The Labute approximate surface area is 326 Å². The highest BCUT2D eigenvalue weighted by atomic mass is 16.5. The first kappa shape index (κ1) is 41.3. The molecule has 0 aromatic heterocycles. The van der Waals surface area contributed by atoms with Gasteiger partial charge in [-0.2, -0.15) is 0 Å². The first-order chi connectivity index (χ1) is 26.9. The number of aliphatic hydroxyl groups excluding tert-OH is 1. The van der Waals surface area contributed by atoms with Gasteiger partial charge in [-0.1, -0.05) is 19.9 Å². The number of rotatable bonds is 5. The van der Waals surface area contributed by atoms with Crippen LogP contribution in [0.5, 0.6) is 28.7 Å². The Morgan fingerprint density at radius 1 is 0.839 bits per heavy atom. The second-order valence-corrected chi connectivity index (χ2v) is 14.1. The average molecular weight is 774 g/mol. The summed E-state index contributed by atoms with van der Waals surface area (Å²) >= 11 is 0. The zero-order chi connectivity index (χ0) is 40.4. The summed E-state index contributed by atoms with van der Waals surface area (Å²) in [6, 6.07) is 12.5. The number of hydrogen-bond donors (Lipinski definition) is 5. The summed E-state index contributed by atoms with van der Waals surface area (Å²) in [6.45, 7) is 5.37. The molecule has 0 saturated carbocycles. The Hall–Kier alpha value is -5.83. The van der Waals surface area contributed by atoms with Crippen LogP contribution in [0.15, 0.2) is 54.6 Å². The molecule has 3 aromatic rings. The van der Waals surface area contributed by atoms with Crippen molar-refractivity contribution in [1.82, 2.24) is 26.2 Å². The van der Waals surface area contributed by atoms with E-state index in [1.54, 1.807) is 68.4 Å².